The minimum Gasteiger partial charge on any atom is -0.398 e. The van der Waals surface area contributed by atoms with Gasteiger partial charge >= 0.3 is 0 Å². The molecular weight excluding hydrogens is 254 g/mol. The molecule has 102 valence electrons. The van der Waals surface area contributed by atoms with Crippen molar-refractivity contribution in [1.82, 2.24) is 0 Å². The van der Waals surface area contributed by atoms with E-state index in [4.69, 9.17) is 10.9 Å². The fraction of sp³-hybridized carbons (Fsp3) is 0.455. The number of aliphatic hydroxyl groups excluding tert-OH is 1. The lowest BCUT2D eigenvalue weighted by atomic mass is 10.1. The fourth-order valence-electron chi connectivity index (χ4n) is 1.75. The minimum atomic E-state index is -3.79. The number of rotatable bonds is 5. The molecule has 18 heavy (non-hydrogen) atoms. The van der Waals surface area contributed by atoms with E-state index in [1.165, 1.54) is 12.1 Å². The van der Waals surface area contributed by atoms with Crippen LogP contribution in [0.25, 0.3) is 0 Å². The Kier molecular flexibility index (Phi) is 4.55. The van der Waals surface area contributed by atoms with E-state index in [0.717, 1.165) is 0 Å². The molecule has 0 radical (unpaired) electrons. The zero-order chi connectivity index (χ0) is 13.9. The van der Waals surface area contributed by atoms with Crippen LogP contribution < -0.4 is 16.2 Å². The second-order valence-electron chi connectivity index (χ2n) is 4.43. The first-order valence-corrected chi connectivity index (χ1v) is 7.11. The summed E-state index contributed by atoms with van der Waals surface area (Å²) in [7, 11) is -3.79. The normalized spacial score (nSPS) is 15.1. The lowest BCUT2D eigenvalue weighted by molar-refractivity contribution is 0.179. The summed E-state index contributed by atoms with van der Waals surface area (Å²) in [5.41, 5.74) is 6.43. The summed E-state index contributed by atoms with van der Waals surface area (Å²) in [6, 6.07) is 4.51. The van der Waals surface area contributed by atoms with Gasteiger partial charge in [-0.3, -0.25) is 0 Å². The molecule has 0 aliphatic carbocycles. The number of benzene rings is 1. The summed E-state index contributed by atoms with van der Waals surface area (Å²) in [5.74, 6) is 0. The van der Waals surface area contributed by atoms with E-state index in [1.54, 1.807) is 13.0 Å². The highest BCUT2D eigenvalue weighted by Gasteiger charge is 2.13. The molecule has 6 N–H and O–H groups in total. The van der Waals surface area contributed by atoms with Crippen molar-refractivity contribution in [2.24, 2.45) is 5.14 Å². The number of anilines is 2. The van der Waals surface area contributed by atoms with Gasteiger partial charge in [0.05, 0.1) is 11.8 Å². The van der Waals surface area contributed by atoms with Crippen LogP contribution in [0.3, 0.4) is 0 Å². The van der Waals surface area contributed by atoms with E-state index in [1.807, 2.05) is 6.92 Å². The lowest BCUT2D eigenvalue weighted by Gasteiger charge is -2.17. The Morgan fingerprint density at radius 2 is 2.00 bits per heavy atom. The van der Waals surface area contributed by atoms with Crippen molar-refractivity contribution in [2.45, 2.75) is 37.3 Å². The molecule has 2 atom stereocenters. The molecule has 2 unspecified atom stereocenters. The van der Waals surface area contributed by atoms with Gasteiger partial charge in [-0.1, -0.05) is 0 Å². The van der Waals surface area contributed by atoms with E-state index in [9.17, 15) is 13.5 Å². The van der Waals surface area contributed by atoms with Gasteiger partial charge in [0.25, 0.3) is 0 Å². The smallest absolute Gasteiger partial charge is 0.240 e. The quantitative estimate of drug-likeness (QED) is 0.582. The van der Waals surface area contributed by atoms with Crippen molar-refractivity contribution >= 4 is 21.4 Å². The maximum absolute atomic E-state index is 11.2. The molecule has 0 aromatic heterocycles. The third-order valence-corrected chi connectivity index (χ3v) is 3.41. The number of nitrogens with one attached hydrogen (secondary N) is 1. The van der Waals surface area contributed by atoms with Gasteiger partial charge in [-0.2, -0.15) is 0 Å². The van der Waals surface area contributed by atoms with Gasteiger partial charge < -0.3 is 16.2 Å². The van der Waals surface area contributed by atoms with Crippen molar-refractivity contribution in [3.05, 3.63) is 18.2 Å². The summed E-state index contributed by atoms with van der Waals surface area (Å²) in [6.45, 7) is 3.62. The van der Waals surface area contributed by atoms with Crippen LogP contribution in [0.2, 0.25) is 0 Å². The van der Waals surface area contributed by atoms with Crippen LogP contribution in [-0.4, -0.2) is 25.7 Å². The number of aliphatic hydroxyl groups is 1. The van der Waals surface area contributed by atoms with Crippen LogP contribution >= 0.6 is 0 Å². The predicted molar refractivity (Wildman–Crippen MR) is 71.6 cm³/mol. The van der Waals surface area contributed by atoms with Crippen molar-refractivity contribution in [3.63, 3.8) is 0 Å². The highest BCUT2D eigenvalue weighted by molar-refractivity contribution is 7.89. The molecule has 1 aromatic rings. The number of nitrogen functional groups attached to an aromatic ring is 1. The highest BCUT2D eigenvalue weighted by Crippen LogP contribution is 2.22. The topological polar surface area (TPSA) is 118 Å². The second-order valence-corrected chi connectivity index (χ2v) is 5.96. The molecule has 0 saturated heterocycles. The Labute approximate surface area is 107 Å². The van der Waals surface area contributed by atoms with Crippen LogP contribution in [0.4, 0.5) is 11.4 Å². The average Bonchev–Trinajstić information content (AvgIpc) is 2.13. The van der Waals surface area contributed by atoms with Gasteiger partial charge in [-0.25, -0.2) is 13.6 Å². The zero-order valence-corrected chi connectivity index (χ0v) is 11.2. The highest BCUT2D eigenvalue weighted by atomic mass is 32.2. The molecule has 0 bridgehead atoms. The standard InChI is InChI=1S/C11H19N3O3S/c1-7(5-8(2)15)14-9-3-4-11(10(12)6-9)18(13,16)17/h3-4,6-8,14-15H,5,12H2,1-2H3,(H2,13,16,17). The number of primary sulfonamides is 1. The molecule has 0 aliphatic rings. The van der Waals surface area contributed by atoms with Crippen LogP contribution in [0.15, 0.2) is 23.1 Å². The number of sulfonamides is 1. The molecule has 0 saturated carbocycles. The van der Waals surface area contributed by atoms with Crippen molar-refractivity contribution < 1.29 is 13.5 Å². The molecule has 0 spiro atoms. The molecule has 7 heteroatoms. The van der Waals surface area contributed by atoms with Crippen LogP contribution in [0.1, 0.15) is 20.3 Å². The largest absolute Gasteiger partial charge is 0.398 e. The molecule has 6 nitrogen and oxygen atoms in total. The number of nitrogens with two attached hydrogens (primary N) is 2. The molecule has 0 heterocycles. The molecule has 1 rings (SSSR count). The van der Waals surface area contributed by atoms with Gasteiger partial charge in [0.1, 0.15) is 4.90 Å². The molecule has 0 fully saturated rings. The summed E-state index contributed by atoms with van der Waals surface area (Å²) < 4.78 is 22.4. The molecule has 0 amide bonds. The third kappa shape index (κ3) is 4.17. The maximum atomic E-state index is 11.2. The van der Waals surface area contributed by atoms with Crippen LogP contribution in [0, 0.1) is 0 Å². The first-order valence-electron chi connectivity index (χ1n) is 5.57. The number of hydrogen-bond donors (Lipinski definition) is 4. The van der Waals surface area contributed by atoms with Crippen LogP contribution in [0.5, 0.6) is 0 Å². The van der Waals surface area contributed by atoms with Gasteiger partial charge in [0, 0.05) is 11.7 Å². The zero-order valence-electron chi connectivity index (χ0n) is 10.4. The average molecular weight is 273 g/mol. The summed E-state index contributed by atoms with van der Waals surface area (Å²) >= 11 is 0. The van der Waals surface area contributed by atoms with Gasteiger partial charge in [0.2, 0.25) is 10.0 Å². The van der Waals surface area contributed by atoms with E-state index < -0.39 is 16.1 Å². The molecular formula is C11H19N3O3S. The van der Waals surface area contributed by atoms with E-state index in [2.05, 4.69) is 5.32 Å². The molecule has 0 aliphatic heterocycles. The summed E-state index contributed by atoms with van der Waals surface area (Å²) in [4.78, 5) is -0.0868. The van der Waals surface area contributed by atoms with Crippen LogP contribution in [-0.2, 0) is 10.0 Å². The Hall–Kier alpha value is -1.31. The third-order valence-electron chi connectivity index (χ3n) is 2.42. The van der Waals surface area contributed by atoms with Gasteiger partial charge in [-0.15, -0.1) is 0 Å². The predicted octanol–water partition coefficient (Wildman–Crippen LogP) is 0.488. The Bertz CT molecular complexity index is 514. The minimum absolute atomic E-state index is 0.0460. The second kappa shape index (κ2) is 5.55. The van der Waals surface area contributed by atoms with Crippen molar-refractivity contribution in [3.8, 4) is 0 Å². The monoisotopic (exact) mass is 273 g/mol. The fourth-order valence-corrected chi connectivity index (χ4v) is 2.40. The first-order chi connectivity index (χ1) is 8.20. The molecule has 1 aromatic carbocycles. The van der Waals surface area contributed by atoms with Gasteiger partial charge in [0.15, 0.2) is 0 Å². The first kappa shape index (κ1) is 14.7. The Balaban J connectivity index is 2.86. The Morgan fingerprint density at radius 1 is 1.39 bits per heavy atom. The number of hydrogen-bond acceptors (Lipinski definition) is 5. The maximum Gasteiger partial charge on any atom is 0.240 e. The van der Waals surface area contributed by atoms with E-state index in [0.29, 0.717) is 12.1 Å². The summed E-state index contributed by atoms with van der Waals surface area (Å²) in [5, 5.41) is 17.4. The lowest BCUT2D eigenvalue weighted by Crippen LogP contribution is -2.21. The van der Waals surface area contributed by atoms with Gasteiger partial charge in [-0.05, 0) is 38.5 Å². The van der Waals surface area contributed by atoms with Crippen molar-refractivity contribution in [2.75, 3.05) is 11.1 Å². The Morgan fingerprint density at radius 3 is 2.44 bits per heavy atom. The van der Waals surface area contributed by atoms with E-state index >= 15 is 0 Å². The van der Waals surface area contributed by atoms with Crippen molar-refractivity contribution in [1.29, 1.82) is 0 Å². The summed E-state index contributed by atoms with van der Waals surface area (Å²) in [6.07, 6.45) is 0.171. The van der Waals surface area contributed by atoms with E-state index in [-0.39, 0.29) is 16.6 Å². The SMILES string of the molecule is CC(O)CC(C)Nc1ccc(S(N)(=O)=O)c(N)c1.